The van der Waals surface area contributed by atoms with Crippen molar-refractivity contribution in [3.63, 3.8) is 0 Å². The molecule has 0 bridgehead atoms. The van der Waals surface area contributed by atoms with Crippen LogP contribution in [0.25, 0.3) is 11.2 Å². The van der Waals surface area contributed by atoms with Crippen molar-refractivity contribution in [2.45, 2.75) is 0 Å². The molecule has 2 aromatic heterocycles. The van der Waals surface area contributed by atoms with E-state index in [9.17, 15) is 18.9 Å². The molecule has 0 spiro atoms. The minimum absolute atomic E-state index is 0.0464. The highest BCUT2D eigenvalue weighted by molar-refractivity contribution is 5.86. The highest BCUT2D eigenvalue weighted by atomic mass is 19.2. The van der Waals surface area contributed by atoms with Gasteiger partial charge in [-0.2, -0.15) is 0 Å². The van der Waals surface area contributed by atoms with E-state index in [2.05, 4.69) is 25.3 Å². The van der Waals surface area contributed by atoms with E-state index in [1.54, 1.807) is 0 Å². The van der Waals surface area contributed by atoms with Crippen molar-refractivity contribution in [3.05, 3.63) is 46.5 Å². The van der Waals surface area contributed by atoms with Crippen LogP contribution < -0.4 is 5.32 Å². The molecule has 0 aliphatic rings. The van der Waals surface area contributed by atoms with Gasteiger partial charge in [0.1, 0.15) is 11.8 Å². The average molecular weight is 292 g/mol. The van der Waals surface area contributed by atoms with Crippen LogP contribution in [0.2, 0.25) is 0 Å². The highest BCUT2D eigenvalue weighted by Gasteiger charge is 2.23. The van der Waals surface area contributed by atoms with Crippen LogP contribution in [0.1, 0.15) is 0 Å². The number of rotatable bonds is 3. The zero-order chi connectivity index (χ0) is 15.0. The van der Waals surface area contributed by atoms with Gasteiger partial charge in [0.2, 0.25) is 0 Å². The quantitative estimate of drug-likeness (QED) is 0.566. The van der Waals surface area contributed by atoms with Crippen LogP contribution >= 0.6 is 0 Å². The van der Waals surface area contributed by atoms with Gasteiger partial charge in [0.05, 0.1) is 11.3 Å². The first-order chi connectivity index (χ1) is 10.1. The number of nitrogens with zero attached hydrogens (tertiary/aromatic N) is 4. The molecule has 0 aliphatic carbocycles. The summed E-state index contributed by atoms with van der Waals surface area (Å²) in [4.78, 5) is 24.4. The lowest BCUT2D eigenvalue weighted by atomic mass is 10.2. The van der Waals surface area contributed by atoms with Gasteiger partial charge in [0, 0.05) is 6.07 Å². The number of fused-ring (bicyclic) bond motifs is 1. The number of anilines is 2. The van der Waals surface area contributed by atoms with Crippen molar-refractivity contribution in [1.82, 2.24) is 19.9 Å². The predicted octanol–water partition coefficient (Wildman–Crippen LogP) is 2.28. The zero-order valence-corrected chi connectivity index (χ0v) is 10.2. The summed E-state index contributed by atoms with van der Waals surface area (Å²) in [5.74, 6) is -2.53. The maximum Gasteiger partial charge on any atom is 0.295 e. The van der Waals surface area contributed by atoms with E-state index in [-0.39, 0.29) is 11.5 Å². The third-order valence-corrected chi connectivity index (χ3v) is 2.74. The average Bonchev–Trinajstić information content (AvgIpc) is 2.93. The van der Waals surface area contributed by atoms with Gasteiger partial charge in [-0.05, 0) is 6.07 Å². The normalized spacial score (nSPS) is 10.8. The van der Waals surface area contributed by atoms with Crippen molar-refractivity contribution in [2.24, 2.45) is 0 Å². The number of nitro groups is 1. The van der Waals surface area contributed by atoms with Crippen LogP contribution in [0.3, 0.4) is 0 Å². The Bertz CT molecular complexity index is 850. The smallest absolute Gasteiger partial charge is 0.295 e. The fourth-order valence-electron chi connectivity index (χ4n) is 1.79. The molecular formula is C11H6F2N6O2. The van der Waals surface area contributed by atoms with Crippen LogP contribution in [0.15, 0.2) is 24.8 Å². The van der Waals surface area contributed by atoms with E-state index < -0.39 is 27.9 Å². The van der Waals surface area contributed by atoms with Crippen molar-refractivity contribution < 1.29 is 13.7 Å². The Morgan fingerprint density at radius 1 is 1.24 bits per heavy atom. The molecule has 0 aliphatic heterocycles. The first kappa shape index (κ1) is 12.8. The third-order valence-electron chi connectivity index (χ3n) is 2.74. The second-order valence-corrected chi connectivity index (χ2v) is 3.96. The van der Waals surface area contributed by atoms with Gasteiger partial charge in [0.25, 0.3) is 5.69 Å². The van der Waals surface area contributed by atoms with Crippen LogP contribution in [-0.2, 0) is 0 Å². The molecule has 21 heavy (non-hydrogen) atoms. The Morgan fingerprint density at radius 2 is 2.05 bits per heavy atom. The molecule has 0 saturated carbocycles. The van der Waals surface area contributed by atoms with Gasteiger partial charge >= 0.3 is 0 Å². The number of aromatic nitrogens is 4. The topological polar surface area (TPSA) is 110 Å². The Morgan fingerprint density at radius 3 is 2.81 bits per heavy atom. The minimum Gasteiger partial charge on any atom is -0.340 e. The fourth-order valence-corrected chi connectivity index (χ4v) is 1.79. The molecule has 0 radical (unpaired) electrons. The molecule has 0 unspecified atom stereocenters. The number of aromatic amines is 1. The van der Waals surface area contributed by atoms with E-state index in [0.29, 0.717) is 11.6 Å². The lowest BCUT2D eigenvalue weighted by Gasteiger charge is -2.08. The second-order valence-electron chi connectivity index (χ2n) is 3.96. The Hall–Kier alpha value is -3.17. The van der Waals surface area contributed by atoms with Crippen molar-refractivity contribution in [2.75, 3.05) is 5.32 Å². The van der Waals surface area contributed by atoms with Crippen LogP contribution in [0.5, 0.6) is 0 Å². The summed E-state index contributed by atoms with van der Waals surface area (Å²) in [6, 6.07) is 1.55. The minimum atomic E-state index is -1.37. The number of imidazole rings is 1. The van der Waals surface area contributed by atoms with E-state index in [1.165, 1.54) is 6.33 Å². The van der Waals surface area contributed by atoms with Crippen LogP contribution in [0, 0.1) is 21.7 Å². The predicted molar refractivity (Wildman–Crippen MR) is 68.0 cm³/mol. The molecule has 0 saturated heterocycles. The van der Waals surface area contributed by atoms with Gasteiger partial charge < -0.3 is 10.3 Å². The summed E-state index contributed by atoms with van der Waals surface area (Å²) in [6.45, 7) is 0. The maximum atomic E-state index is 13.8. The summed E-state index contributed by atoms with van der Waals surface area (Å²) < 4.78 is 27.1. The lowest BCUT2D eigenvalue weighted by molar-refractivity contribution is -0.384. The third kappa shape index (κ3) is 2.12. The number of halogens is 2. The maximum absolute atomic E-state index is 13.8. The molecule has 3 rings (SSSR count). The Balaban J connectivity index is 2.15. The molecule has 10 heteroatoms. The monoisotopic (exact) mass is 292 g/mol. The van der Waals surface area contributed by atoms with Gasteiger partial charge in [-0.1, -0.05) is 0 Å². The van der Waals surface area contributed by atoms with Gasteiger partial charge in [-0.15, -0.1) is 0 Å². The molecular weight excluding hydrogens is 286 g/mol. The molecule has 2 N–H and O–H groups in total. The molecule has 0 fully saturated rings. The number of hydrogen-bond acceptors (Lipinski definition) is 6. The van der Waals surface area contributed by atoms with Crippen molar-refractivity contribution in [1.29, 1.82) is 0 Å². The van der Waals surface area contributed by atoms with Crippen LogP contribution in [-0.4, -0.2) is 24.9 Å². The Labute approximate surface area is 115 Å². The molecule has 0 amide bonds. The molecule has 106 valence electrons. The summed E-state index contributed by atoms with van der Waals surface area (Å²) in [7, 11) is 0. The number of H-pyrrole nitrogens is 1. The summed E-state index contributed by atoms with van der Waals surface area (Å²) in [5, 5.41) is 13.3. The second kappa shape index (κ2) is 4.74. The van der Waals surface area contributed by atoms with Crippen molar-refractivity contribution in [3.8, 4) is 0 Å². The summed E-state index contributed by atoms with van der Waals surface area (Å²) >= 11 is 0. The molecule has 8 nitrogen and oxygen atoms in total. The standard InChI is InChI=1S/C11H6F2N6O2/c12-5-1-2-6(19(20)21)8(7(5)13)18-11-9-10(15-3-14-9)16-4-17-11/h1-4H,(H2,14,15,16,17,18). The molecule has 3 aromatic rings. The first-order valence-corrected chi connectivity index (χ1v) is 5.61. The van der Waals surface area contributed by atoms with Crippen molar-refractivity contribution >= 4 is 28.4 Å². The highest BCUT2D eigenvalue weighted by Crippen LogP contribution is 2.32. The number of nitro benzene ring substituents is 1. The Kier molecular flexibility index (Phi) is 2.90. The van der Waals surface area contributed by atoms with E-state index in [1.807, 2.05) is 0 Å². The number of hydrogen-bond donors (Lipinski definition) is 2. The summed E-state index contributed by atoms with van der Waals surface area (Å²) in [5.41, 5.74) is -0.628. The van der Waals surface area contributed by atoms with Crippen LogP contribution in [0.4, 0.5) is 26.0 Å². The van der Waals surface area contributed by atoms with E-state index >= 15 is 0 Å². The van der Waals surface area contributed by atoms with Gasteiger partial charge in [-0.3, -0.25) is 10.1 Å². The number of benzene rings is 1. The molecule has 0 atom stereocenters. The lowest BCUT2D eigenvalue weighted by Crippen LogP contribution is -2.04. The first-order valence-electron chi connectivity index (χ1n) is 5.61. The fraction of sp³-hybridized carbons (Fsp3) is 0. The zero-order valence-electron chi connectivity index (χ0n) is 10.2. The summed E-state index contributed by atoms with van der Waals surface area (Å²) in [6.07, 6.45) is 2.48. The van der Waals surface area contributed by atoms with E-state index in [4.69, 9.17) is 0 Å². The van der Waals surface area contributed by atoms with Gasteiger partial charge in [-0.25, -0.2) is 23.7 Å². The molecule has 1 aromatic carbocycles. The number of nitrogens with one attached hydrogen (secondary N) is 2. The molecule has 2 heterocycles. The SMILES string of the molecule is O=[N+]([O-])c1ccc(F)c(F)c1Nc1ncnc2nc[nH]c12. The van der Waals surface area contributed by atoms with E-state index in [0.717, 1.165) is 12.4 Å². The van der Waals surface area contributed by atoms with Gasteiger partial charge in [0.15, 0.2) is 28.8 Å². The largest absolute Gasteiger partial charge is 0.340 e.